The summed E-state index contributed by atoms with van der Waals surface area (Å²) in [6.07, 6.45) is 0.191. The summed E-state index contributed by atoms with van der Waals surface area (Å²) < 4.78 is 5.39. The SMILES string of the molecule is CC(C)C[C@@H](C(=O)OCC(=O)c1ccc([N+](=O)[O-])cc1)N1C(=O)[C@H]2C3c4ccccc4C(c4ccccc43)[C@@H]2C1=O. The molecule has 41 heavy (non-hydrogen) atoms. The zero-order valence-electron chi connectivity index (χ0n) is 22.6. The summed E-state index contributed by atoms with van der Waals surface area (Å²) in [5.74, 6) is -4.02. The number of carbonyl (C=O) groups excluding carboxylic acids is 4. The van der Waals surface area contributed by atoms with E-state index in [1.807, 2.05) is 62.4 Å². The summed E-state index contributed by atoms with van der Waals surface area (Å²) in [6, 6.07) is 19.7. The molecular weight excluding hydrogens is 524 g/mol. The Labute approximate surface area is 236 Å². The molecule has 3 atom stereocenters. The molecule has 1 saturated heterocycles. The highest BCUT2D eigenvalue weighted by molar-refractivity contribution is 6.10. The van der Waals surface area contributed by atoms with Crippen LogP contribution in [0.5, 0.6) is 0 Å². The third-order valence-electron chi connectivity index (χ3n) is 8.51. The predicted octanol–water partition coefficient (Wildman–Crippen LogP) is 4.63. The zero-order chi connectivity index (χ0) is 29.0. The van der Waals surface area contributed by atoms with E-state index in [2.05, 4.69) is 0 Å². The molecule has 1 aliphatic heterocycles. The maximum atomic E-state index is 14.1. The minimum absolute atomic E-state index is 0.0488. The van der Waals surface area contributed by atoms with Gasteiger partial charge in [-0.3, -0.25) is 29.4 Å². The number of benzene rings is 3. The summed E-state index contributed by atoms with van der Waals surface area (Å²) in [7, 11) is 0. The Balaban J connectivity index is 1.28. The van der Waals surface area contributed by atoms with Crippen molar-refractivity contribution in [3.63, 3.8) is 0 Å². The quantitative estimate of drug-likeness (QED) is 0.131. The molecule has 2 amide bonds. The van der Waals surface area contributed by atoms with Gasteiger partial charge in [0.15, 0.2) is 12.4 Å². The molecule has 1 heterocycles. The number of likely N-dealkylation sites (tertiary alicyclic amines) is 1. The summed E-state index contributed by atoms with van der Waals surface area (Å²) >= 11 is 0. The number of nitro benzene ring substituents is 1. The summed E-state index contributed by atoms with van der Waals surface area (Å²) in [6.45, 7) is 3.15. The lowest BCUT2D eigenvalue weighted by Crippen LogP contribution is -2.47. The molecule has 2 bridgehead atoms. The van der Waals surface area contributed by atoms with Gasteiger partial charge in [0.25, 0.3) is 5.69 Å². The highest BCUT2D eigenvalue weighted by Crippen LogP contribution is 2.61. The van der Waals surface area contributed by atoms with E-state index in [9.17, 15) is 29.3 Å². The number of rotatable bonds is 8. The van der Waals surface area contributed by atoms with E-state index in [1.165, 1.54) is 24.3 Å². The van der Waals surface area contributed by atoms with Crippen molar-refractivity contribution in [2.45, 2.75) is 38.1 Å². The normalized spacial score (nSPS) is 22.7. The van der Waals surface area contributed by atoms with Crippen molar-refractivity contribution < 1.29 is 28.8 Å². The minimum atomic E-state index is -1.17. The van der Waals surface area contributed by atoms with Gasteiger partial charge in [-0.15, -0.1) is 0 Å². The Morgan fingerprint density at radius 3 is 1.71 bits per heavy atom. The average molecular weight is 553 g/mol. The van der Waals surface area contributed by atoms with Crippen LogP contribution in [0.15, 0.2) is 72.8 Å². The van der Waals surface area contributed by atoms with Crippen LogP contribution >= 0.6 is 0 Å². The average Bonchev–Trinajstić information content (AvgIpc) is 3.24. The third kappa shape index (κ3) is 4.23. The molecule has 9 nitrogen and oxygen atoms in total. The second-order valence-corrected chi connectivity index (χ2v) is 11.3. The van der Waals surface area contributed by atoms with Gasteiger partial charge in [0, 0.05) is 29.5 Å². The van der Waals surface area contributed by atoms with Crippen LogP contribution in [0.25, 0.3) is 0 Å². The van der Waals surface area contributed by atoms with Crippen molar-refractivity contribution in [1.82, 2.24) is 4.90 Å². The third-order valence-corrected chi connectivity index (χ3v) is 8.51. The Morgan fingerprint density at radius 2 is 1.29 bits per heavy atom. The topological polar surface area (TPSA) is 124 Å². The Bertz CT molecular complexity index is 1480. The molecular formula is C32H28N2O7. The first-order chi connectivity index (χ1) is 19.7. The molecule has 208 valence electrons. The van der Waals surface area contributed by atoms with Crippen LogP contribution in [-0.2, 0) is 19.1 Å². The molecule has 3 aromatic rings. The van der Waals surface area contributed by atoms with Gasteiger partial charge >= 0.3 is 5.97 Å². The van der Waals surface area contributed by atoms with Gasteiger partial charge in [-0.05, 0) is 46.7 Å². The number of ether oxygens (including phenoxy) is 1. The first-order valence-electron chi connectivity index (χ1n) is 13.7. The van der Waals surface area contributed by atoms with E-state index in [4.69, 9.17) is 4.74 Å². The predicted molar refractivity (Wildman–Crippen MR) is 147 cm³/mol. The lowest BCUT2D eigenvalue weighted by Gasteiger charge is -2.45. The van der Waals surface area contributed by atoms with Gasteiger partial charge in [0.1, 0.15) is 6.04 Å². The number of esters is 1. The molecule has 3 aromatic carbocycles. The standard InChI is InChI=1S/C32H28N2O7/c1-17(2)15-24(32(38)41-16-25(35)18-11-13-19(14-12-18)34(39)40)33-30(36)28-26-20-7-3-4-8-21(20)27(29(28)31(33)37)23-10-6-5-9-22(23)26/h3-14,17,24,26-29H,15-16H2,1-2H3/t24-,26?,27?,28-,29-/m0/s1. The van der Waals surface area contributed by atoms with E-state index < -0.39 is 41.2 Å². The first kappa shape index (κ1) is 26.6. The number of amides is 2. The highest BCUT2D eigenvalue weighted by Gasteiger charge is 2.63. The molecule has 0 unspecified atom stereocenters. The molecule has 0 spiro atoms. The van der Waals surface area contributed by atoms with Gasteiger partial charge < -0.3 is 4.74 Å². The number of non-ortho nitro benzene ring substituents is 1. The fraction of sp³-hybridized carbons (Fsp3) is 0.312. The van der Waals surface area contributed by atoms with Crippen LogP contribution in [-0.4, -0.2) is 46.0 Å². The zero-order valence-corrected chi connectivity index (χ0v) is 22.6. The summed E-state index contributed by atoms with van der Waals surface area (Å²) in [5, 5.41) is 10.9. The summed E-state index contributed by atoms with van der Waals surface area (Å²) in [4.78, 5) is 65.8. The molecule has 9 heteroatoms. The van der Waals surface area contributed by atoms with E-state index in [-0.39, 0.29) is 47.2 Å². The number of hydrogen-bond donors (Lipinski definition) is 0. The monoisotopic (exact) mass is 552 g/mol. The van der Waals surface area contributed by atoms with Gasteiger partial charge in [0.05, 0.1) is 16.8 Å². The number of hydrogen-bond acceptors (Lipinski definition) is 7. The number of nitrogens with zero attached hydrogens (tertiary/aromatic N) is 2. The van der Waals surface area contributed by atoms with Crippen molar-refractivity contribution >= 4 is 29.3 Å². The first-order valence-corrected chi connectivity index (χ1v) is 13.7. The van der Waals surface area contributed by atoms with E-state index in [1.54, 1.807) is 0 Å². The molecule has 7 rings (SSSR count). The highest BCUT2D eigenvalue weighted by atomic mass is 16.6. The van der Waals surface area contributed by atoms with Crippen molar-refractivity contribution in [2.24, 2.45) is 17.8 Å². The van der Waals surface area contributed by atoms with Crippen molar-refractivity contribution in [2.75, 3.05) is 6.61 Å². The molecule has 4 aliphatic rings. The minimum Gasteiger partial charge on any atom is -0.456 e. The van der Waals surface area contributed by atoms with Gasteiger partial charge in [-0.2, -0.15) is 0 Å². The van der Waals surface area contributed by atoms with Crippen LogP contribution in [0, 0.1) is 27.9 Å². The number of carbonyl (C=O) groups is 4. The molecule has 1 fully saturated rings. The Hall–Kier alpha value is -4.66. The smallest absolute Gasteiger partial charge is 0.329 e. The maximum Gasteiger partial charge on any atom is 0.329 e. The van der Waals surface area contributed by atoms with Crippen LogP contribution in [0.3, 0.4) is 0 Å². The van der Waals surface area contributed by atoms with E-state index in [0.717, 1.165) is 27.2 Å². The molecule has 0 radical (unpaired) electrons. The van der Waals surface area contributed by atoms with Crippen LogP contribution in [0.2, 0.25) is 0 Å². The molecule has 3 aliphatic carbocycles. The molecule has 0 aromatic heterocycles. The van der Waals surface area contributed by atoms with Crippen LogP contribution < -0.4 is 0 Å². The van der Waals surface area contributed by atoms with Crippen LogP contribution in [0.1, 0.15) is 64.7 Å². The molecule has 0 N–H and O–H groups in total. The van der Waals surface area contributed by atoms with Crippen molar-refractivity contribution in [3.05, 3.63) is 111 Å². The number of imide groups is 1. The second-order valence-electron chi connectivity index (χ2n) is 11.3. The van der Waals surface area contributed by atoms with Gasteiger partial charge in [0.2, 0.25) is 11.8 Å². The van der Waals surface area contributed by atoms with E-state index in [0.29, 0.717) is 0 Å². The van der Waals surface area contributed by atoms with Gasteiger partial charge in [-0.1, -0.05) is 62.4 Å². The van der Waals surface area contributed by atoms with Gasteiger partial charge in [-0.25, -0.2) is 4.79 Å². The van der Waals surface area contributed by atoms with Crippen LogP contribution in [0.4, 0.5) is 5.69 Å². The number of Topliss-reactive ketones (excluding diaryl/α,β-unsaturated/α-hetero) is 1. The Kier molecular flexibility index (Phi) is 6.52. The fourth-order valence-electron chi connectivity index (χ4n) is 6.85. The number of ketones is 1. The Morgan fingerprint density at radius 1 is 0.829 bits per heavy atom. The number of nitro groups is 1. The van der Waals surface area contributed by atoms with Crippen molar-refractivity contribution in [3.8, 4) is 0 Å². The van der Waals surface area contributed by atoms with E-state index >= 15 is 0 Å². The van der Waals surface area contributed by atoms with Crippen molar-refractivity contribution in [1.29, 1.82) is 0 Å². The largest absolute Gasteiger partial charge is 0.456 e. The second kappa shape index (κ2) is 10.1. The fourth-order valence-corrected chi connectivity index (χ4v) is 6.85. The lowest BCUT2D eigenvalue weighted by atomic mass is 9.55. The maximum absolute atomic E-state index is 14.1. The summed E-state index contributed by atoms with van der Waals surface area (Å²) in [5.41, 5.74) is 4.14. The lowest BCUT2D eigenvalue weighted by molar-refractivity contribution is -0.384. The molecule has 0 saturated carbocycles.